The molecule has 0 aliphatic heterocycles. The zero-order valence-corrected chi connectivity index (χ0v) is 15.0. The Labute approximate surface area is 153 Å². The second-order valence-electron chi connectivity index (χ2n) is 6.51. The Kier molecular flexibility index (Phi) is 6.62. The summed E-state index contributed by atoms with van der Waals surface area (Å²) in [4.78, 5) is 8.99. The summed E-state index contributed by atoms with van der Waals surface area (Å²) in [5, 5.41) is 16.2. The maximum atomic E-state index is 9.15. The normalized spacial score (nSPS) is 15.1. The topological polar surface area (TPSA) is 70.1 Å². The van der Waals surface area contributed by atoms with Gasteiger partial charge in [-0.2, -0.15) is 0 Å². The smallest absolute Gasteiger partial charge is 0.154 e. The average Bonchev–Trinajstić information content (AvgIpc) is 3.44. The van der Waals surface area contributed by atoms with Crippen LogP contribution in [0.3, 0.4) is 0 Å². The number of anilines is 1. The first-order valence-corrected chi connectivity index (χ1v) is 9.28. The van der Waals surface area contributed by atoms with Gasteiger partial charge in [0.05, 0.1) is 24.5 Å². The van der Waals surface area contributed by atoms with Crippen LogP contribution in [0.5, 0.6) is 0 Å². The third kappa shape index (κ3) is 5.66. The fourth-order valence-electron chi connectivity index (χ4n) is 2.86. The van der Waals surface area contributed by atoms with E-state index in [1.54, 1.807) is 6.20 Å². The first-order valence-electron chi connectivity index (χ1n) is 8.90. The van der Waals surface area contributed by atoms with Crippen molar-refractivity contribution in [3.63, 3.8) is 0 Å². The highest BCUT2D eigenvalue weighted by Gasteiger charge is 2.21. The van der Waals surface area contributed by atoms with E-state index < -0.39 is 0 Å². The molecule has 3 N–H and O–H groups in total. The van der Waals surface area contributed by atoms with Crippen LogP contribution in [-0.2, 0) is 6.42 Å². The molecular weight excluding hydrogens is 336 g/mol. The molecule has 0 bridgehead atoms. The van der Waals surface area contributed by atoms with Crippen molar-refractivity contribution in [3.8, 4) is 0 Å². The molecule has 1 atom stereocenters. The molecule has 2 aromatic rings. The fraction of sp³-hybridized carbons (Fsp3) is 0.474. The molecule has 1 aliphatic carbocycles. The van der Waals surface area contributed by atoms with E-state index in [1.165, 1.54) is 24.8 Å². The molecule has 3 rings (SSSR count). The van der Waals surface area contributed by atoms with E-state index in [2.05, 4.69) is 32.7 Å². The molecule has 134 valence electrons. The van der Waals surface area contributed by atoms with Gasteiger partial charge in [0.15, 0.2) is 5.15 Å². The Bertz CT molecular complexity index is 664. The number of aromatic nitrogens is 2. The predicted molar refractivity (Wildman–Crippen MR) is 101 cm³/mol. The maximum Gasteiger partial charge on any atom is 0.154 e. The first kappa shape index (κ1) is 18.1. The number of aliphatic hydroxyl groups excluding tert-OH is 1. The minimum absolute atomic E-state index is 0.0666. The third-order valence-electron chi connectivity index (χ3n) is 4.43. The van der Waals surface area contributed by atoms with E-state index in [1.807, 2.05) is 18.2 Å². The number of aliphatic hydroxyl groups is 1. The molecule has 0 saturated heterocycles. The second kappa shape index (κ2) is 9.13. The van der Waals surface area contributed by atoms with Gasteiger partial charge >= 0.3 is 0 Å². The lowest BCUT2D eigenvalue weighted by Gasteiger charge is -2.19. The monoisotopic (exact) mass is 360 g/mol. The van der Waals surface area contributed by atoms with Crippen LogP contribution in [0, 0.1) is 5.92 Å². The number of nitrogens with one attached hydrogen (secondary N) is 2. The summed E-state index contributed by atoms with van der Waals surface area (Å²) in [5.41, 5.74) is 1.90. The van der Waals surface area contributed by atoms with Gasteiger partial charge in [0.25, 0.3) is 0 Å². The lowest BCUT2D eigenvalue weighted by Crippen LogP contribution is -2.27. The van der Waals surface area contributed by atoms with Gasteiger partial charge in [0.2, 0.25) is 0 Å². The number of nitrogens with zero attached hydrogens (tertiary/aromatic N) is 2. The molecule has 1 heterocycles. The highest BCUT2D eigenvalue weighted by molar-refractivity contribution is 6.30. The van der Waals surface area contributed by atoms with Gasteiger partial charge in [0, 0.05) is 13.1 Å². The summed E-state index contributed by atoms with van der Waals surface area (Å²) in [7, 11) is 0. The van der Waals surface area contributed by atoms with Crippen molar-refractivity contribution in [2.24, 2.45) is 5.92 Å². The molecule has 1 fully saturated rings. The van der Waals surface area contributed by atoms with Crippen LogP contribution in [0.25, 0.3) is 0 Å². The number of benzene rings is 1. The number of hydrogen-bond donors (Lipinski definition) is 3. The van der Waals surface area contributed by atoms with Crippen LogP contribution < -0.4 is 10.6 Å². The molecule has 0 amide bonds. The zero-order valence-electron chi connectivity index (χ0n) is 14.3. The highest BCUT2D eigenvalue weighted by atomic mass is 35.5. The van der Waals surface area contributed by atoms with E-state index in [0.717, 1.165) is 24.7 Å². The Morgan fingerprint density at radius 1 is 1.20 bits per heavy atom. The van der Waals surface area contributed by atoms with Crippen molar-refractivity contribution in [2.75, 3.05) is 25.0 Å². The van der Waals surface area contributed by atoms with E-state index in [0.29, 0.717) is 17.4 Å². The molecule has 6 heteroatoms. The van der Waals surface area contributed by atoms with Gasteiger partial charge in [-0.25, -0.2) is 4.98 Å². The van der Waals surface area contributed by atoms with Gasteiger partial charge in [0.1, 0.15) is 5.82 Å². The number of rotatable bonds is 10. The third-order valence-corrected chi connectivity index (χ3v) is 4.70. The average molecular weight is 361 g/mol. The molecule has 5 nitrogen and oxygen atoms in total. The molecular formula is C19H25ClN4O. The van der Waals surface area contributed by atoms with Crippen LogP contribution in [0.4, 0.5) is 5.82 Å². The lowest BCUT2D eigenvalue weighted by atomic mass is 10.0. The zero-order chi connectivity index (χ0) is 17.5. The van der Waals surface area contributed by atoms with Crippen molar-refractivity contribution < 1.29 is 5.11 Å². The molecule has 1 aromatic carbocycles. The molecule has 1 saturated carbocycles. The maximum absolute atomic E-state index is 9.15. The SMILES string of the molecule is OCCNC(Cc1ccccc1)c1ncc(NCCC2CC2)nc1Cl. The van der Waals surface area contributed by atoms with Crippen molar-refractivity contribution >= 4 is 17.4 Å². The van der Waals surface area contributed by atoms with Gasteiger partial charge in [-0.05, 0) is 24.3 Å². The van der Waals surface area contributed by atoms with Crippen LogP contribution in [0.15, 0.2) is 36.5 Å². The Morgan fingerprint density at radius 2 is 2.00 bits per heavy atom. The van der Waals surface area contributed by atoms with Crippen LogP contribution in [-0.4, -0.2) is 34.8 Å². The van der Waals surface area contributed by atoms with E-state index in [-0.39, 0.29) is 12.6 Å². The fourth-order valence-corrected chi connectivity index (χ4v) is 3.13. The minimum atomic E-state index is -0.0879. The molecule has 25 heavy (non-hydrogen) atoms. The quantitative estimate of drug-likeness (QED) is 0.607. The number of hydrogen-bond acceptors (Lipinski definition) is 5. The van der Waals surface area contributed by atoms with Crippen LogP contribution in [0.2, 0.25) is 5.15 Å². The van der Waals surface area contributed by atoms with E-state index in [4.69, 9.17) is 16.7 Å². The van der Waals surface area contributed by atoms with Crippen LogP contribution >= 0.6 is 11.6 Å². The highest BCUT2D eigenvalue weighted by Crippen LogP contribution is 2.32. The van der Waals surface area contributed by atoms with E-state index in [9.17, 15) is 0 Å². The molecule has 1 aliphatic rings. The minimum Gasteiger partial charge on any atom is -0.395 e. The molecule has 1 unspecified atom stereocenters. The summed E-state index contributed by atoms with van der Waals surface area (Å²) >= 11 is 6.41. The van der Waals surface area contributed by atoms with Gasteiger partial charge in [-0.1, -0.05) is 54.8 Å². The van der Waals surface area contributed by atoms with Gasteiger partial charge in [-0.15, -0.1) is 0 Å². The van der Waals surface area contributed by atoms with Crippen molar-refractivity contribution in [1.82, 2.24) is 15.3 Å². The lowest BCUT2D eigenvalue weighted by molar-refractivity contribution is 0.283. The van der Waals surface area contributed by atoms with Gasteiger partial charge in [-0.3, -0.25) is 4.98 Å². The predicted octanol–water partition coefficient (Wildman–Crippen LogP) is 3.21. The first-order chi connectivity index (χ1) is 12.3. The summed E-state index contributed by atoms with van der Waals surface area (Å²) in [5.74, 6) is 1.60. The number of halogens is 1. The van der Waals surface area contributed by atoms with Crippen molar-refractivity contribution in [1.29, 1.82) is 0 Å². The van der Waals surface area contributed by atoms with Gasteiger partial charge < -0.3 is 15.7 Å². The summed E-state index contributed by atoms with van der Waals surface area (Å²) in [6.45, 7) is 1.46. The molecule has 0 radical (unpaired) electrons. The van der Waals surface area contributed by atoms with Crippen molar-refractivity contribution in [2.45, 2.75) is 31.7 Å². The Morgan fingerprint density at radius 3 is 2.68 bits per heavy atom. The molecule has 1 aromatic heterocycles. The summed E-state index contributed by atoms with van der Waals surface area (Å²) < 4.78 is 0. The van der Waals surface area contributed by atoms with Crippen LogP contribution in [0.1, 0.15) is 36.6 Å². The largest absolute Gasteiger partial charge is 0.395 e. The van der Waals surface area contributed by atoms with Crippen molar-refractivity contribution in [3.05, 3.63) is 52.9 Å². The summed E-state index contributed by atoms with van der Waals surface area (Å²) in [6, 6.07) is 10.1. The second-order valence-corrected chi connectivity index (χ2v) is 6.87. The molecule has 0 spiro atoms. The summed E-state index contributed by atoms with van der Waals surface area (Å²) in [6.07, 6.45) is 6.36. The standard InChI is InChI=1S/C19H25ClN4O/c20-19-18(23-13-17(24-19)22-9-8-14-6-7-14)16(21-10-11-25)12-15-4-2-1-3-5-15/h1-5,13-14,16,21,25H,6-12H2,(H,22,24). The van der Waals surface area contributed by atoms with E-state index >= 15 is 0 Å². The Hall–Kier alpha value is -1.69. The Balaban J connectivity index is 1.67.